The van der Waals surface area contributed by atoms with E-state index >= 15 is 0 Å². The SMILES string of the molecule is COc1ccc(CC(N)C(C)C)cc1-c1ncc(Br)s1. The number of aromatic nitrogens is 1. The van der Waals surface area contributed by atoms with E-state index in [2.05, 4.69) is 46.9 Å². The summed E-state index contributed by atoms with van der Waals surface area (Å²) in [5.41, 5.74) is 8.40. The van der Waals surface area contributed by atoms with E-state index in [1.165, 1.54) is 5.56 Å². The molecule has 2 N–H and O–H groups in total. The number of methoxy groups -OCH3 is 1. The van der Waals surface area contributed by atoms with E-state index in [9.17, 15) is 0 Å². The molecule has 0 radical (unpaired) electrons. The standard InChI is InChI=1S/C15H19BrN2OS/c1-9(2)12(17)7-10-4-5-13(19-3)11(6-10)15-18-8-14(16)20-15/h4-6,8-9,12H,7,17H2,1-3H3. The molecule has 0 bridgehead atoms. The maximum Gasteiger partial charge on any atom is 0.129 e. The lowest BCUT2D eigenvalue weighted by atomic mass is 9.96. The van der Waals surface area contributed by atoms with Crippen molar-refractivity contribution in [3.63, 3.8) is 0 Å². The zero-order valence-electron chi connectivity index (χ0n) is 11.9. The Balaban J connectivity index is 2.34. The number of hydrogen-bond acceptors (Lipinski definition) is 4. The van der Waals surface area contributed by atoms with Crippen molar-refractivity contribution >= 4 is 27.3 Å². The molecule has 108 valence electrons. The third kappa shape index (κ3) is 3.59. The minimum Gasteiger partial charge on any atom is -0.496 e. The van der Waals surface area contributed by atoms with Crippen molar-refractivity contribution < 1.29 is 4.74 Å². The Kier molecular flexibility index (Phi) is 5.18. The fourth-order valence-electron chi connectivity index (χ4n) is 1.94. The Hall–Kier alpha value is -0.910. The van der Waals surface area contributed by atoms with Crippen molar-refractivity contribution in [2.24, 2.45) is 11.7 Å². The van der Waals surface area contributed by atoms with Crippen LogP contribution in [0.25, 0.3) is 10.6 Å². The lowest BCUT2D eigenvalue weighted by Gasteiger charge is -2.16. The first-order valence-electron chi connectivity index (χ1n) is 6.55. The third-order valence-electron chi connectivity index (χ3n) is 3.30. The minimum atomic E-state index is 0.166. The number of nitrogens with zero attached hydrogens (tertiary/aromatic N) is 1. The summed E-state index contributed by atoms with van der Waals surface area (Å²) in [6.45, 7) is 4.29. The van der Waals surface area contributed by atoms with E-state index in [0.29, 0.717) is 5.92 Å². The van der Waals surface area contributed by atoms with Gasteiger partial charge >= 0.3 is 0 Å². The van der Waals surface area contributed by atoms with Crippen molar-refractivity contribution in [2.45, 2.75) is 26.3 Å². The predicted octanol–water partition coefficient (Wildman–Crippen LogP) is 4.11. The van der Waals surface area contributed by atoms with Crippen LogP contribution in [0, 0.1) is 5.92 Å². The van der Waals surface area contributed by atoms with Gasteiger partial charge in [0.15, 0.2) is 0 Å². The van der Waals surface area contributed by atoms with Crippen LogP contribution in [0.5, 0.6) is 5.75 Å². The summed E-state index contributed by atoms with van der Waals surface area (Å²) in [5.74, 6) is 1.31. The zero-order chi connectivity index (χ0) is 14.7. The highest BCUT2D eigenvalue weighted by atomic mass is 79.9. The quantitative estimate of drug-likeness (QED) is 0.878. The third-order valence-corrected chi connectivity index (χ3v) is 4.81. The highest BCUT2D eigenvalue weighted by Gasteiger charge is 2.13. The van der Waals surface area contributed by atoms with E-state index in [-0.39, 0.29) is 6.04 Å². The number of hydrogen-bond donors (Lipinski definition) is 1. The van der Waals surface area contributed by atoms with Gasteiger partial charge in [0.05, 0.1) is 22.7 Å². The van der Waals surface area contributed by atoms with E-state index in [4.69, 9.17) is 10.5 Å². The second kappa shape index (κ2) is 6.70. The van der Waals surface area contributed by atoms with Crippen LogP contribution >= 0.6 is 27.3 Å². The number of ether oxygens (including phenoxy) is 1. The van der Waals surface area contributed by atoms with Gasteiger partial charge in [-0.3, -0.25) is 0 Å². The second-order valence-electron chi connectivity index (χ2n) is 5.12. The predicted molar refractivity (Wildman–Crippen MR) is 88.3 cm³/mol. The summed E-state index contributed by atoms with van der Waals surface area (Å²) in [5, 5.41) is 0.952. The average molecular weight is 355 g/mol. The molecule has 2 aromatic rings. The van der Waals surface area contributed by atoms with Crippen molar-refractivity contribution in [3.05, 3.63) is 33.7 Å². The molecule has 0 aliphatic carbocycles. The largest absolute Gasteiger partial charge is 0.496 e. The van der Waals surface area contributed by atoms with E-state index in [0.717, 1.165) is 26.5 Å². The summed E-state index contributed by atoms with van der Waals surface area (Å²) in [7, 11) is 1.68. The summed E-state index contributed by atoms with van der Waals surface area (Å²) in [6.07, 6.45) is 2.67. The molecule has 0 saturated heterocycles. The van der Waals surface area contributed by atoms with Crippen LogP contribution in [-0.2, 0) is 6.42 Å². The lowest BCUT2D eigenvalue weighted by Crippen LogP contribution is -2.28. The van der Waals surface area contributed by atoms with Gasteiger partial charge < -0.3 is 10.5 Å². The lowest BCUT2D eigenvalue weighted by molar-refractivity contribution is 0.416. The Bertz CT molecular complexity index is 583. The van der Waals surface area contributed by atoms with Crippen LogP contribution in [0.1, 0.15) is 19.4 Å². The molecule has 0 saturated carbocycles. The number of benzene rings is 1. The van der Waals surface area contributed by atoms with Crippen molar-refractivity contribution in [3.8, 4) is 16.3 Å². The second-order valence-corrected chi connectivity index (χ2v) is 7.53. The van der Waals surface area contributed by atoms with Crippen molar-refractivity contribution in [1.29, 1.82) is 0 Å². The molecule has 0 fully saturated rings. The topological polar surface area (TPSA) is 48.1 Å². The summed E-state index contributed by atoms with van der Waals surface area (Å²) < 4.78 is 6.45. The maximum absolute atomic E-state index is 6.16. The van der Waals surface area contributed by atoms with Gasteiger partial charge in [-0.25, -0.2) is 4.98 Å². The van der Waals surface area contributed by atoms with Gasteiger partial charge in [-0.2, -0.15) is 0 Å². The molecule has 0 aliphatic heterocycles. The van der Waals surface area contributed by atoms with Gasteiger partial charge in [0, 0.05) is 6.04 Å². The molecule has 0 aliphatic rings. The molecule has 3 nitrogen and oxygen atoms in total. The van der Waals surface area contributed by atoms with Crippen LogP contribution in [0.4, 0.5) is 0 Å². The van der Waals surface area contributed by atoms with Crippen LogP contribution in [-0.4, -0.2) is 18.1 Å². The van der Waals surface area contributed by atoms with Crippen LogP contribution in [0.2, 0.25) is 0 Å². The van der Waals surface area contributed by atoms with Crippen LogP contribution < -0.4 is 10.5 Å². The Morgan fingerprint density at radius 3 is 2.70 bits per heavy atom. The first-order chi connectivity index (χ1) is 9.51. The van der Waals surface area contributed by atoms with E-state index in [1.54, 1.807) is 18.4 Å². The summed E-state index contributed by atoms with van der Waals surface area (Å²) >= 11 is 5.05. The molecule has 1 heterocycles. The smallest absolute Gasteiger partial charge is 0.129 e. The van der Waals surface area contributed by atoms with E-state index in [1.807, 2.05) is 12.3 Å². The molecule has 2 rings (SSSR count). The maximum atomic E-state index is 6.16. The number of thiazole rings is 1. The minimum absolute atomic E-state index is 0.166. The molecule has 5 heteroatoms. The molecular weight excluding hydrogens is 336 g/mol. The Morgan fingerprint density at radius 2 is 2.15 bits per heavy atom. The zero-order valence-corrected chi connectivity index (χ0v) is 14.3. The van der Waals surface area contributed by atoms with Gasteiger partial charge in [0.1, 0.15) is 10.8 Å². The van der Waals surface area contributed by atoms with Crippen molar-refractivity contribution in [1.82, 2.24) is 4.98 Å². The number of rotatable bonds is 5. The fourth-order valence-corrected chi connectivity index (χ4v) is 3.16. The Labute approximate surface area is 132 Å². The molecule has 1 unspecified atom stereocenters. The molecule has 0 amide bonds. The first-order valence-corrected chi connectivity index (χ1v) is 8.16. The highest BCUT2D eigenvalue weighted by Crippen LogP contribution is 2.35. The molecule has 0 spiro atoms. The van der Waals surface area contributed by atoms with Gasteiger partial charge in [-0.1, -0.05) is 19.9 Å². The molecule has 1 aromatic carbocycles. The Morgan fingerprint density at radius 1 is 1.40 bits per heavy atom. The highest BCUT2D eigenvalue weighted by molar-refractivity contribution is 9.11. The van der Waals surface area contributed by atoms with Gasteiger partial charge in [0.2, 0.25) is 0 Å². The number of halogens is 1. The van der Waals surface area contributed by atoms with Crippen LogP contribution in [0.3, 0.4) is 0 Å². The van der Waals surface area contributed by atoms with Gasteiger partial charge in [-0.05, 0) is 46.0 Å². The van der Waals surface area contributed by atoms with E-state index < -0.39 is 0 Å². The average Bonchev–Trinajstić information content (AvgIpc) is 2.85. The van der Waals surface area contributed by atoms with Gasteiger partial charge in [0.25, 0.3) is 0 Å². The molecule has 1 aromatic heterocycles. The molecule has 1 atom stereocenters. The normalized spacial score (nSPS) is 12.7. The first kappa shape index (κ1) is 15.5. The summed E-state index contributed by atoms with van der Waals surface area (Å²) in [6, 6.07) is 6.37. The van der Waals surface area contributed by atoms with Crippen molar-refractivity contribution in [2.75, 3.05) is 7.11 Å². The molecule has 20 heavy (non-hydrogen) atoms. The van der Waals surface area contributed by atoms with Crippen LogP contribution in [0.15, 0.2) is 28.2 Å². The number of nitrogens with two attached hydrogens (primary N) is 1. The fraction of sp³-hybridized carbons (Fsp3) is 0.400. The van der Waals surface area contributed by atoms with Gasteiger partial charge in [-0.15, -0.1) is 11.3 Å². The summed E-state index contributed by atoms with van der Waals surface area (Å²) in [4.78, 5) is 4.41. The monoisotopic (exact) mass is 354 g/mol. The molecular formula is C15H19BrN2OS.